The Kier molecular flexibility index (Phi) is 3.77. The van der Waals surface area contributed by atoms with Gasteiger partial charge >= 0.3 is 0 Å². The van der Waals surface area contributed by atoms with E-state index in [2.05, 4.69) is 10.3 Å². The van der Waals surface area contributed by atoms with E-state index in [0.29, 0.717) is 11.4 Å². The van der Waals surface area contributed by atoms with Crippen LogP contribution < -0.4 is 15.8 Å². The number of nitrogens with zero attached hydrogens (tertiary/aromatic N) is 3. The lowest BCUT2D eigenvalue weighted by molar-refractivity contribution is -0.384. The summed E-state index contributed by atoms with van der Waals surface area (Å²) in [7, 11) is 0. The van der Waals surface area contributed by atoms with Gasteiger partial charge in [-0.1, -0.05) is 18.2 Å². The molecule has 4 N–H and O–H groups in total. The van der Waals surface area contributed by atoms with Gasteiger partial charge in [-0.15, -0.1) is 0 Å². The van der Waals surface area contributed by atoms with E-state index >= 15 is 0 Å². The first-order chi connectivity index (χ1) is 14.9. The van der Waals surface area contributed by atoms with Crippen molar-refractivity contribution in [3.05, 3.63) is 86.1 Å². The van der Waals surface area contributed by atoms with E-state index < -0.39 is 16.2 Å². The Morgan fingerprint density at radius 1 is 1.26 bits per heavy atom. The van der Waals surface area contributed by atoms with Crippen molar-refractivity contribution in [3.8, 4) is 17.6 Å². The Morgan fingerprint density at radius 2 is 2.00 bits per heavy atom. The molecule has 11 heteroatoms. The molecule has 2 aliphatic heterocycles. The van der Waals surface area contributed by atoms with E-state index in [0.717, 1.165) is 0 Å². The van der Waals surface area contributed by atoms with Crippen LogP contribution in [0.25, 0.3) is 5.69 Å². The zero-order valence-corrected chi connectivity index (χ0v) is 16.4. The fourth-order valence-electron chi connectivity index (χ4n) is 4.14. The van der Waals surface area contributed by atoms with Crippen LogP contribution in [0.5, 0.6) is 5.88 Å². The highest BCUT2D eigenvalue weighted by molar-refractivity contribution is 7.71. The van der Waals surface area contributed by atoms with Crippen LogP contribution in [-0.2, 0) is 10.2 Å². The molecular weight excluding hydrogens is 420 g/mol. The Morgan fingerprint density at radius 3 is 2.68 bits per heavy atom. The number of imidazole rings is 1. The van der Waals surface area contributed by atoms with Gasteiger partial charge in [0.1, 0.15) is 17.3 Å². The molecule has 1 amide bonds. The van der Waals surface area contributed by atoms with Gasteiger partial charge in [-0.2, -0.15) is 5.26 Å². The van der Waals surface area contributed by atoms with Gasteiger partial charge in [0, 0.05) is 29.1 Å². The largest absolute Gasteiger partial charge is 0.422 e. The first-order valence-electron chi connectivity index (χ1n) is 8.99. The molecule has 3 aromatic rings. The molecule has 31 heavy (non-hydrogen) atoms. The molecule has 152 valence electrons. The molecule has 0 radical (unpaired) electrons. The normalized spacial score (nSPS) is 18.7. The van der Waals surface area contributed by atoms with E-state index in [4.69, 9.17) is 22.7 Å². The van der Waals surface area contributed by atoms with Crippen molar-refractivity contribution in [3.63, 3.8) is 0 Å². The number of nitro groups is 1. The lowest BCUT2D eigenvalue weighted by Gasteiger charge is -2.32. The van der Waals surface area contributed by atoms with Gasteiger partial charge < -0.3 is 20.8 Å². The number of aromatic amines is 1. The summed E-state index contributed by atoms with van der Waals surface area (Å²) in [5.74, 6) is -0.799. The number of aromatic nitrogens is 2. The molecule has 0 aliphatic carbocycles. The third-order valence-corrected chi connectivity index (χ3v) is 5.67. The summed E-state index contributed by atoms with van der Waals surface area (Å²) in [6.07, 6.45) is 0. The van der Waals surface area contributed by atoms with Crippen molar-refractivity contribution in [1.82, 2.24) is 9.55 Å². The van der Waals surface area contributed by atoms with Crippen LogP contribution in [0.3, 0.4) is 0 Å². The Hall–Kier alpha value is -4.43. The van der Waals surface area contributed by atoms with Gasteiger partial charge in [0.15, 0.2) is 10.2 Å². The topological polar surface area (TPSA) is 152 Å². The second-order valence-corrected chi connectivity index (χ2v) is 7.31. The minimum absolute atomic E-state index is 0.0832. The SMILES string of the molecule is N#CC1=C(N)Oc2[nH]c(=S)n(-c3ccccc3)c2C12C(=O)Nc1ccc([N+](=O)[O-])cc12. The van der Waals surface area contributed by atoms with Crippen LogP contribution in [0, 0.1) is 26.2 Å². The molecule has 1 spiro atoms. The number of carbonyl (C=O) groups excluding carboxylic acids is 1. The maximum atomic E-state index is 13.5. The molecule has 10 nitrogen and oxygen atoms in total. The van der Waals surface area contributed by atoms with E-state index in [1.54, 1.807) is 28.8 Å². The Balaban J connectivity index is 1.95. The standard InChI is InChI=1S/C20H12N6O4S/c21-9-13-16(22)30-17-15(25(19(31)24-17)10-4-2-1-3-5-10)20(13)12-8-11(26(28)29)6-7-14(12)23-18(20)27/h1-8H,22H2,(H,23,27)(H,24,31). The number of nitrogens with two attached hydrogens (primary N) is 1. The average Bonchev–Trinajstić information content (AvgIpc) is 3.22. The molecule has 1 unspecified atom stereocenters. The van der Waals surface area contributed by atoms with Crippen molar-refractivity contribution in [2.45, 2.75) is 5.41 Å². The summed E-state index contributed by atoms with van der Waals surface area (Å²) < 4.78 is 7.40. The predicted octanol–water partition coefficient (Wildman–Crippen LogP) is 2.77. The van der Waals surface area contributed by atoms with E-state index in [1.165, 1.54) is 18.2 Å². The number of anilines is 1. The third-order valence-electron chi connectivity index (χ3n) is 5.38. The molecule has 0 saturated heterocycles. The summed E-state index contributed by atoms with van der Waals surface area (Å²) in [5, 5.41) is 24.1. The fraction of sp³-hybridized carbons (Fsp3) is 0.0500. The van der Waals surface area contributed by atoms with Gasteiger partial charge in [-0.3, -0.25) is 19.5 Å². The van der Waals surface area contributed by atoms with Crippen molar-refractivity contribution in [2.75, 3.05) is 5.32 Å². The van der Waals surface area contributed by atoms with Gasteiger partial charge in [0.2, 0.25) is 17.7 Å². The second kappa shape index (κ2) is 6.28. The van der Waals surface area contributed by atoms with Gasteiger partial charge in [0.25, 0.3) is 5.69 Å². The quantitative estimate of drug-likeness (QED) is 0.320. The van der Waals surface area contributed by atoms with Gasteiger partial charge in [-0.05, 0) is 30.4 Å². The second-order valence-electron chi connectivity index (χ2n) is 6.92. The molecule has 3 heterocycles. The van der Waals surface area contributed by atoms with Crippen molar-refractivity contribution in [2.24, 2.45) is 5.73 Å². The molecule has 2 aliphatic rings. The van der Waals surface area contributed by atoms with Crippen LogP contribution in [0.2, 0.25) is 0 Å². The minimum Gasteiger partial charge on any atom is -0.422 e. The highest BCUT2D eigenvalue weighted by atomic mass is 32.1. The van der Waals surface area contributed by atoms with Crippen molar-refractivity contribution in [1.29, 1.82) is 5.26 Å². The number of para-hydroxylation sites is 1. The lowest BCUT2D eigenvalue weighted by atomic mass is 9.71. The predicted molar refractivity (Wildman–Crippen MR) is 111 cm³/mol. The maximum Gasteiger partial charge on any atom is 0.269 e. The summed E-state index contributed by atoms with van der Waals surface area (Å²) in [5.41, 5.74) is 5.18. The summed E-state index contributed by atoms with van der Waals surface area (Å²) in [6.45, 7) is 0. The number of nitrogens with one attached hydrogen (secondary N) is 2. The number of hydrogen-bond donors (Lipinski definition) is 3. The number of rotatable bonds is 2. The molecule has 0 fully saturated rings. The highest BCUT2D eigenvalue weighted by Gasteiger charge is 2.59. The summed E-state index contributed by atoms with van der Waals surface area (Å²) in [6, 6.07) is 14.9. The number of amides is 1. The number of H-pyrrole nitrogens is 1. The average molecular weight is 432 g/mol. The molecule has 5 rings (SSSR count). The van der Waals surface area contributed by atoms with E-state index in [9.17, 15) is 20.2 Å². The number of ether oxygens (including phenoxy) is 1. The fourth-order valence-corrected chi connectivity index (χ4v) is 4.43. The van der Waals surface area contributed by atoms with Crippen molar-refractivity contribution < 1.29 is 14.5 Å². The molecule has 0 saturated carbocycles. The molecule has 2 aromatic carbocycles. The van der Waals surface area contributed by atoms with Crippen molar-refractivity contribution >= 4 is 29.5 Å². The van der Waals surface area contributed by atoms with E-state index in [1.807, 2.05) is 12.1 Å². The lowest BCUT2D eigenvalue weighted by Crippen LogP contribution is -2.43. The van der Waals surface area contributed by atoms with Gasteiger partial charge in [0.05, 0.1) is 4.92 Å². The number of non-ortho nitro benzene ring substituents is 1. The monoisotopic (exact) mass is 432 g/mol. The maximum absolute atomic E-state index is 13.5. The number of nitriles is 1. The Labute approximate surface area is 179 Å². The number of hydrogen-bond acceptors (Lipinski definition) is 7. The summed E-state index contributed by atoms with van der Waals surface area (Å²) >= 11 is 5.48. The highest BCUT2D eigenvalue weighted by Crippen LogP contribution is 2.54. The number of fused-ring (bicyclic) bond motifs is 4. The first-order valence-corrected chi connectivity index (χ1v) is 9.40. The van der Waals surface area contributed by atoms with E-state index in [-0.39, 0.29) is 39.1 Å². The summed E-state index contributed by atoms with van der Waals surface area (Å²) in [4.78, 5) is 27.3. The number of carbonyl (C=O) groups is 1. The molecular formula is C20H12N6O4S. The van der Waals surface area contributed by atoms with Crippen LogP contribution in [-0.4, -0.2) is 20.4 Å². The third kappa shape index (κ3) is 2.30. The van der Waals surface area contributed by atoms with Crippen LogP contribution in [0.4, 0.5) is 11.4 Å². The molecule has 1 atom stereocenters. The van der Waals surface area contributed by atoms with Gasteiger partial charge in [-0.25, -0.2) is 0 Å². The zero-order valence-electron chi connectivity index (χ0n) is 15.6. The Bertz CT molecular complexity index is 1430. The van der Waals surface area contributed by atoms with Crippen LogP contribution in [0.1, 0.15) is 11.3 Å². The number of benzene rings is 2. The first kappa shape index (κ1) is 18.6. The smallest absolute Gasteiger partial charge is 0.269 e. The number of nitro benzene ring substituents is 1. The zero-order chi connectivity index (χ0) is 21.9. The molecule has 1 aromatic heterocycles. The minimum atomic E-state index is -1.79. The van der Waals surface area contributed by atoms with Crippen LogP contribution in [0.15, 0.2) is 60.0 Å². The van der Waals surface area contributed by atoms with Crippen LogP contribution >= 0.6 is 12.2 Å². The molecule has 0 bridgehead atoms.